The van der Waals surface area contributed by atoms with Gasteiger partial charge in [-0.15, -0.1) is 0 Å². The zero-order valence-electron chi connectivity index (χ0n) is 12.2. The fourth-order valence-corrected chi connectivity index (χ4v) is 2.87. The quantitative estimate of drug-likeness (QED) is 0.727. The van der Waals surface area contributed by atoms with Gasteiger partial charge in [0.25, 0.3) is 0 Å². The number of alkyl halides is 5. The third kappa shape index (κ3) is 2.88. The average Bonchev–Trinajstić information content (AvgIpc) is 2.53. The van der Waals surface area contributed by atoms with Crippen molar-refractivity contribution in [3.63, 3.8) is 0 Å². The Morgan fingerprint density at radius 1 is 0.917 bits per heavy atom. The summed E-state index contributed by atoms with van der Waals surface area (Å²) in [6, 6.07) is 9.32. The molecule has 0 spiro atoms. The number of methoxy groups -OCH3 is 1. The van der Waals surface area contributed by atoms with E-state index in [1.54, 1.807) is 0 Å². The molecule has 1 atom stereocenters. The summed E-state index contributed by atoms with van der Waals surface area (Å²) in [6.45, 7) is 0. The van der Waals surface area contributed by atoms with Crippen LogP contribution in [0.5, 0.6) is 5.75 Å². The normalized spacial score (nSPS) is 15.0. The molecule has 0 radical (unpaired) electrons. The Kier molecular flexibility index (Phi) is 4.92. The maximum Gasteiger partial charge on any atom is 0.457 e. The van der Waals surface area contributed by atoms with Crippen molar-refractivity contribution in [2.45, 2.75) is 17.7 Å². The minimum Gasteiger partial charge on any atom is -0.497 e. The lowest BCUT2D eigenvalue weighted by Gasteiger charge is -2.38. The molecule has 0 amide bonds. The van der Waals surface area contributed by atoms with Crippen LogP contribution in [-0.4, -0.2) is 24.3 Å². The van der Waals surface area contributed by atoms with Crippen LogP contribution in [0.15, 0.2) is 53.0 Å². The van der Waals surface area contributed by atoms with Gasteiger partial charge in [0.1, 0.15) is 5.75 Å². The van der Waals surface area contributed by atoms with E-state index in [1.807, 2.05) is 0 Å². The zero-order chi connectivity index (χ0) is 18.2. The summed E-state index contributed by atoms with van der Waals surface area (Å²) in [5.41, 5.74) is -4.83. The van der Waals surface area contributed by atoms with E-state index in [4.69, 9.17) is 4.74 Å². The highest BCUT2D eigenvalue weighted by atomic mass is 79.9. The minimum absolute atomic E-state index is 0.0766. The first kappa shape index (κ1) is 18.7. The summed E-state index contributed by atoms with van der Waals surface area (Å²) in [5, 5.41) is 10.6. The van der Waals surface area contributed by atoms with Crippen LogP contribution in [-0.2, 0) is 5.60 Å². The van der Waals surface area contributed by atoms with Gasteiger partial charge in [-0.3, -0.25) is 0 Å². The topological polar surface area (TPSA) is 29.5 Å². The molecule has 0 aliphatic rings. The molecule has 0 saturated carbocycles. The smallest absolute Gasteiger partial charge is 0.457 e. The van der Waals surface area contributed by atoms with Gasteiger partial charge in [-0.2, -0.15) is 22.0 Å². The predicted octanol–water partition coefficient (Wildman–Crippen LogP) is 4.89. The summed E-state index contributed by atoms with van der Waals surface area (Å²) in [7, 11) is 1.32. The molecule has 2 aromatic carbocycles. The second kappa shape index (κ2) is 6.33. The van der Waals surface area contributed by atoms with Gasteiger partial charge in [-0.1, -0.05) is 46.3 Å². The fraction of sp³-hybridized carbons (Fsp3) is 0.250. The maximum absolute atomic E-state index is 14.3. The minimum atomic E-state index is -5.96. The van der Waals surface area contributed by atoms with Crippen LogP contribution in [0.2, 0.25) is 0 Å². The van der Waals surface area contributed by atoms with Crippen molar-refractivity contribution >= 4 is 15.9 Å². The summed E-state index contributed by atoms with van der Waals surface area (Å²) in [6.07, 6.45) is -5.96. The van der Waals surface area contributed by atoms with Gasteiger partial charge in [0.05, 0.1) is 7.11 Å². The van der Waals surface area contributed by atoms with Crippen LogP contribution < -0.4 is 4.74 Å². The SMILES string of the molecule is COc1ccc(C(O)(c2ccccc2Br)C(F)(F)C(F)(F)F)cc1. The Labute approximate surface area is 143 Å². The first-order valence-corrected chi connectivity index (χ1v) is 7.41. The van der Waals surface area contributed by atoms with Crippen LogP contribution in [0, 0.1) is 0 Å². The largest absolute Gasteiger partial charge is 0.497 e. The van der Waals surface area contributed by atoms with Crippen molar-refractivity contribution in [3.8, 4) is 5.75 Å². The molecule has 2 aromatic rings. The second-order valence-electron chi connectivity index (χ2n) is 4.99. The molecule has 0 aliphatic carbocycles. The van der Waals surface area contributed by atoms with Gasteiger partial charge in [0.2, 0.25) is 0 Å². The van der Waals surface area contributed by atoms with Crippen molar-refractivity contribution < 1.29 is 31.8 Å². The summed E-state index contributed by atoms with van der Waals surface area (Å²) in [4.78, 5) is 0. The van der Waals surface area contributed by atoms with Gasteiger partial charge in [-0.05, 0) is 23.8 Å². The van der Waals surface area contributed by atoms with Gasteiger partial charge < -0.3 is 9.84 Å². The van der Waals surface area contributed by atoms with Gasteiger partial charge >= 0.3 is 12.1 Å². The van der Waals surface area contributed by atoms with Crippen LogP contribution in [0.4, 0.5) is 22.0 Å². The molecule has 0 aromatic heterocycles. The summed E-state index contributed by atoms with van der Waals surface area (Å²) >= 11 is 2.93. The monoisotopic (exact) mass is 410 g/mol. The molecule has 1 unspecified atom stereocenters. The first-order chi connectivity index (χ1) is 11.1. The van der Waals surface area contributed by atoms with Crippen molar-refractivity contribution in [3.05, 3.63) is 64.1 Å². The van der Waals surface area contributed by atoms with Crippen LogP contribution in [0.1, 0.15) is 11.1 Å². The number of benzene rings is 2. The van der Waals surface area contributed by atoms with E-state index >= 15 is 0 Å². The van der Waals surface area contributed by atoms with E-state index in [0.29, 0.717) is 0 Å². The predicted molar refractivity (Wildman–Crippen MR) is 81.1 cm³/mol. The Morgan fingerprint density at radius 2 is 1.46 bits per heavy atom. The zero-order valence-corrected chi connectivity index (χ0v) is 13.8. The van der Waals surface area contributed by atoms with E-state index in [-0.39, 0.29) is 10.2 Å². The maximum atomic E-state index is 14.3. The van der Waals surface area contributed by atoms with Gasteiger partial charge in [0.15, 0.2) is 5.60 Å². The van der Waals surface area contributed by atoms with Crippen LogP contribution in [0.25, 0.3) is 0 Å². The van der Waals surface area contributed by atoms with Crippen molar-refractivity contribution in [2.24, 2.45) is 0 Å². The molecular weight excluding hydrogens is 399 g/mol. The highest BCUT2D eigenvalue weighted by Crippen LogP contribution is 2.53. The third-order valence-corrected chi connectivity index (χ3v) is 4.27. The number of hydrogen-bond acceptors (Lipinski definition) is 2. The van der Waals surface area contributed by atoms with E-state index in [9.17, 15) is 27.1 Å². The molecule has 1 N–H and O–H groups in total. The summed E-state index contributed by atoms with van der Waals surface area (Å²) < 4.78 is 72.4. The van der Waals surface area contributed by atoms with E-state index in [2.05, 4.69) is 15.9 Å². The average molecular weight is 411 g/mol. The summed E-state index contributed by atoms with van der Waals surface area (Å²) in [5.74, 6) is -5.18. The highest BCUT2D eigenvalue weighted by molar-refractivity contribution is 9.10. The molecule has 0 fully saturated rings. The number of halogens is 6. The molecule has 0 heterocycles. The molecule has 8 heteroatoms. The highest BCUT2D eigenvalue weighted by Gasteiger charge is 2.71. The molecule has 0 saturated heterocycles. The Balaban J connectivity index is 2.77. The van der Waals surface area contributed by atoms with Crippen molar-refractivity contribution in [1.29, 1.82) is 0 Å². The van der Waals surface area contributed by atoms with Gasteiger partial charge in [0, 0.05) is 10.0 Å². The Bertz CT molecular complexity index is 715. The Hall–Kier alpha value is -1.67. The first-order valence-electron chi connectivity index (χ1n) is 6.62. The molecule has 2 nitrogen and oxygen atoms in total. The third-order valence-electron chi connectivity index (χ3n) is 3.58. The molecule has 130 valence electrons. The number of hydrogen-bond donors (Lipinski definition) is 1. The van der Waals surface area contributed by atoms with Gasteiger partial charge in [-0.25, -0.2) is 0 Å². The van der Waals surface area contributed by atoms with E-state index < -0.39 is 28.8 Å². The number of rotatable bonds is 4. The molecule has 0 bridgehead atoms. The van der Waals surface area contributed by atoms with Crippen molar-refractivity contribution in [1.82, 2.24) is 0 Å². The lowest BCUT2D eigenvalue weighted by molar-refractivity contribution is -0.336. The van der Waals surface area contributed by atoms with E-state index in [1.165, 1.54) is 37.4 Å². The van der Waals surface area contributed by atoms with E-state index in [0.717, 1.165) is 18.2 Å². The fourth-order valence-electron chi connectivity index (χ4n) is 2.30. The lowest BCUT2D eigenvalue weighted by atomic mass is 9.80. The molecule has 2 rings (SSSR count). The number of ether oxygens (including phenoxy) is 1. The Morgan fingerprint density at radius 3 is 1.92 bits per heavy atom. The standard InChI is InChI=1S/C16H12BrF5O2/c1-24-11-8-6-10(7-9-11)14(23,15(18,19)16(20,21)22)12-4-2-3-5-13(12)17/h2-9,23H,1H3. The second-order valence-corrected chi connectivity index (χ2v) is 5.85. The lowest BCUT2D eigenvalue weighted by Crippen LogP contribution is -2.55. The molecule has 24 heavy (non-hydrogen) atoms. The van der Waals surface area contributed by atoms with Crippen LogP contribution in [0.3, 0.4) is 0 Å². The van der Waals surface area contributed by atoms with Crippen molar-refractivity contribution in [2.75, 3.05) is 7.11 Å². The molecule has 0 aliphatic heterocycles. The molecular formula is C16H12BrF5O2. The van der Waals surface area contributed by atoms with Crippen LogP contribution >= 0.6 is 15.9 Å². The number of aliphatic hydroxyl groups is 1.